The van der Waals surface area contributed by atoms with Gasteiger partial charge in [0, 0.05) is 12.6 Å². The summed E-state index contributed by atoms with van der Waals surface area (Å²) in [4.78, 5) is 0. The summed E-state index contributed by atoms with van der Waals surface area (Å²) < 4.78 is 5.99. The van der Waals surface area contributed by atoms with Crippen molar-refractivity contribution in [1.82, 2.24) is 5.32 Å². The molecule has 0 bridgehead atoms. The van der Waals surface area contributed by atoms with Gasteiger partial charge >= 0.3 is 0 Å². The lowest BCUT2D eigenvalue weighted by Crippen LogP contribution is -2.34. The van der Waals surface area contributed by atoms with Crippen molar-refractivity contribution < 1.29 is 4.74 Å². The topological polar surface area (TPSA) is 21.3 Å². The Morgan fingerprint density at radius 2 is 1.80 bits per heavy atom. The molecule has 2 unspecified atom stereocenters. The van der Waals surface area contributed by atoms with Gasteiger partial charge in [-0.05, 0) is 43.2 Å². The van der Waals surface area contributed by atoms with Gasteiger partial charge in [-0.3, -0.25) is 0 Å². The minimum Gasteiger partial charge on any atom is -0.489 e. The average molecular weight is 271 g/mol. The Morgan fingerprint density at radius 1 is 1.05 bits per heavy atom. The second-order valence-electron chi connectivity index (χ2n) is 5.54. The molecule has 2 heteroatoms. The Labute approximate surface area is 122 Å². The molecule has 0 radical (unpaired) electrons. The van der Waals surface area contributed by atoms with Crippen LogP contribution in [0.25, 0.3) is 10.8 Å². The first-order chi connectivity index (χ1) is 9.69. The quantitative estimate of drug-likeness (QED) is 0.806. The second-order valence-corrected chi connectivity index (χ2v) is 5.54. The molecule has 2 rings (SSSR count). The Hall–Kier alpha value is -1.54. The molecule has 2 atom stereocenters. The monoisotopic (exact) mass is 271 g/mol. The normalized spacial score (nSPS) is 14.2. The van der Waals surface area contributed by atoms with Gasteiger partial charge in [-0.15, -0.1) is 0 Å². The molecule has 0 spiro atoms. The molecule has 0 heterocycles. The number of fused-ring (bicyclic) bond motifs is 1. The molecule has 0 aliphatic heterocycles. The molecule has 2 nitrogen and oxygen atoms in total. The summed E-state index contributed by atoms with van der Waals surface area (Å²) in [5, 5.41) is 5.99. The first-order valence-electron chi connectivity index (χ1n) is 7.58. The third-order valence-corrected chi connectivity index (χ3v) is 3.53. The molecule has 1 N–H and O–H groups in total. The summed E-state index contributed by atoms with van der Waals surface area (Å²) in [5.74, 6) is 0.946. The molecule has 2 aromatic rings. The molecule has 2 aromatic carbocycles. The van der Waals surface area contributed by atoms with E-state index in [9.17, 15) is 0 Å². The average Bonchev–Trinajstić information content (AvgIpc) is 2.45. The van der Waals surface area contributed by atoms with Gasteiger partial charge in [0.25, 0.3) is 0 Å². The van der Waals surface area contributed by atoms with E-state index in [1.54, 1.807) is 0 Å². The van der Waals surface area contributed by atoms with Crippen LogP contribution in [0.5, 0.6) is 5.75 Å². The van der Waals surface area contributed by atoms with Crippen LogP contribution in [0.15, 0.2) is 42.5 Å². The number of ether oxygens (including phenoxy) is 1. The van der Waals surface area contributed by atoms with Gasteiger partial charge in [0.15, 0.2) is 0 Å². The molecule has 0 saturated carbocycles. The fourth-order valence-electron chi connectivity index (χ4n) is 2.42. The molecule has 0 aromatic heterocycles. The van der Waals surface area contributed by atoms with E-state index in [4.69, 9.17) is 4.74 Å². The van der Waals surface area contributed by atoms with Gasteiger partial charge in [-0.1, -0.05) is 43.7 Å². The summed E-state index contributed by atoms with van der Waals surface area (Å²) in [6.07, 6.45) is 2.60. The minimum absolute atomic E-state index is 0.176. The van der Waals surface area contributed by atoms with E-state index in [0.717, 1.165) is 12.3 Å². The van der Waals surface area contributed by atoms with Gasteiger partial charge in [0.2, 0.25) is 0 Å². The van der Waals surface area contributed by atoms with E-state index in [-0.39, 0.29) is 6.10 Å². The van der Waals surface area contributed by atoms with Crippen LogP contribution in [0.2, 0.25) is 0 Å². The summed E-state index contributed by atoms with van der Waals surface area (Å²) in [6, 6.07) is 15.2. The molecular formula is C18H25NO. The summed E-state index contributed by atoms with van der Waals surface area (Å²) in [7, 11) is 0. The predicted octanol–water partition coefficient (Wildman–Crippen LogP) is 4.39. The number of hydrogen-bond donors (Lipinski definition) is 1. The van der Waals surface area contributed by atoms with Gasteiger partial charge in [0.1, 0.15) is 11.9 Å². The highest BCUT2D eigenvalue weighted by Gasteiger charge is 2.07. The van der Waals surface area contributed by atoms with E-state index in [1.165, 1.54) is 23.6 Å². The Balaban J connectivity index is 1.90. The molecule has 20 heavy (non-hydrogen) atoms. The fourth-order valence-corrected chi connectivity index (χ4v) is 2.42. The van der Waals surface area contributed by atoms with Crippen LogP contribution in [0.3, 0.4) is 0 Å². The third kappa shape index (κ3) is 4.24. The van der Waals surface area contributed by atoms with E-state index in [1.807, 2.05) is 6.07 Å². The van der Waals surface area contributed by atoms with Gasteiger partial charge < -0.3 is 10.1 Å². The van der Waals surface area contributed by atoms with Crippen LogP contribution in [0.4, 0.5) is 0 Å². The number of rotatable bonds is 7. The van der Waals surface area contributed by atoms with Crippen LogP contribution >= 0.6 is 0 Å². The molecule has 0 amide bonds. The van der Waals surface area contributed by atoms with Crippen molar-refractivity contribution in [3.8, 4) is 5.75 Å². The van der Waals surface area contributed by atoms with Crippen LogP contribution < -0.4 is 10.1 Å². The molecule has 0 aliphatic carbocycles. The maximum absolute atomic E-state index is 5.99. The minimum atomic E-state index is 0.176. The van der Waals surface area contributed by atoms with Crippen molar-refractivity contribution >= 4 is 10.8 Å². The lowest BCUT2D eigenvalue weighted by molar-refractivity contribution is 0.211. The Kier molecular flexibility index (Phi) is 5.42. The Morgan fingerprint density at radius 3 is 2.55 bits per heavy atom. The van der Waals surface area contributed by atoms with E-state index in [0.29, 0.717) is 6.04 Å². The van der Waals surface area contributed by atoms with Crippen LogP contribution in [-0.2, 0) is 0 Å². The first-order valence-corrected chi connectivity index (χ1v) is 7.58. The predicted molar refractivity (Wildman–Crippen MR) is 86.4 cm³/mol. The lowest BCUT2D eigenvalue weighted by atomic mass is 10.1. The zero-order valence-electron chi connectivity index (χ0n) is 12.7. The molecule has 0 saturated heterocycles. The van der Waals surface area contributed by atoms with Gasteiger partial charge in [-0.25, -0.2) is 0 Å². The molecule has 0 aliphatic rings. The lowest BCUT2D eigenvalue weighted by Gasteiger charge is -2.19. The van der Waals surface area contributed by atoms with Crippen molar-refractivity contribution in [1.29, 1.82) is 0 Å². The number of hydrogen-bond acceptors (Lipinski definition) is 2. The number of nitrogens with one attached hydrogen (secondary N) is 1. The van der Waals surface area contributed by atoms with E-state index in [2.05, 4.69) is 62.5 Å². The van der Waals surface area contributed by atoms with Crippen LogP contribution in [0.1, 0.15) is 33.6 Å². The highest BCUT2D eigenvalue weighted by molar-refractivity contribution is 5.83. The number of benzene rings is 2. The fraction of sp³-hybridized carbons (Fsp3) is 0.444. The Bertz CT molecular complexity index is 538. The summed E-state index contributed by atoms with van der Waals surface area (Å²) >= 11 is 0. The zero-order chi connectivity index (χ0) is 14.4. The molecule has 108 valence electrons. The van der Waals surface area contributed by atoms with E-state index < -0.39 is 0 Å². The van der Waals surface area contributed by atoms with Crippen molar-refractivity contribution in [2.75, 3.05) is 6.54 Å². The van der Waals surface area contributed by atoms with Crippen molar-refractivity contribution in [3.63, 3.8) is 0 Å². The van der Waals surface area contributed by atoms with Crippen molar-refractivity contribution in [3.05, 3.63) is 42.5 Å². The van der Waals surface area contributed by atoms with Crippen LogP contribution in [0, 0.1) is 0 Å². The maximum Gasteiger partial charge on any atom is 0.120 e. The first kappa shape index (κ1) is 14.9. The standard InChI is InChI=1S/C18H25NO/c1-4-7-14(2)19-13-15(3)20-18-11-10-16-8-5-6-9-17(16)12-18/h5-6,8-12,14-15,19H,4,7,13H2,1-3H3. The summed E-state index contributed by atoms with van der Waals surface area (Å²) in [5.41, 5.74) is 0. The van der Waals surface area contributed by atoms with Crippen LogP contribution in [-0.4, -0.2) is 18.7 Å². The highest BCUT2D eigenvalue weighted by Crippen LogP contribution is 2.21. The van der Waals surface area contributed by atoms with E-state index >= 15 is 0 Å². The van der Waals surface area contributed by atoms with Crippen molar-refractivity contribution in [2.24, 2.45) is 0 Å². The SMILES string of the molecule is CCCC(C)NCC(C)Oc1ccc2ccccc2c1. The van der Waals surface area contributed by atoms with Gasteiger partial charge in [0.05, 0.1) is 0 Å². The largest absolute Gasteiger partial charge is 0.489 e. The highest BCUT2D eigenvalue weighted by atomic mass is 16.5. The third-order valence-electron chi connectivity index (χ3n) is 3.53. The molecular weight excluding hydrogens is 246 g/mol. The molecule has 0 fully saturated rings. The summed E-state index contributed by atoms with van der Waals surface area (Å²) in [6.45, 7) is 7.44. The smallest absolute Gasteiger partial charge is 0.120 e. The van der Waals surface area contributed by atoms with Gasteiger partial charge in [-0.2, -0.15) is 0 Å². The zero-order valence-corrected chi connectivity index (χ0v) is 12.7. The maximum atomic E-state index is 5.99. The second kappa shape index (κ2) is 7.30. The van der Waals surface area contributed by atoms with Crippen molar-refractivity contribution in [2.45, 2.75) is 45.8 Å².